The Hall–Kier alpha value is -1.75. The van der Waals surface area contributed by atoms with Gasteiger partial charge in [-0.05, 0) is 19.1 Å². The molecule has 0 saturated carbocycles. The minimum Gasteiger partial charge on any atom is -0.485 e. The molecule has 1 aliphatic heterocycles. The lowest BCUT2D eigenvalue weighted by Crippen LogP contribution is -2.47. The summed E-state index contributed by atoms with van der Waals surface area (Å²) in [5.41, 5.74) is 0. The molecule has 0 spiro atoms. The van der Waals surface area contributed by atoms with Crippen molar-refractivity contribution in [3.05, 3.63) is 24.3 Å². The molecule has 2 rings (SSSR count). The Morgan fingerprint density at radius 2 is 2.24 bits per heavy atom. The van der Waals surface area contributed by atoms with Gasteiger partial charge in [0, 0.05) is 6.04 Å². The number of fused-ring (bicyclic) bond motifs is 1. The molecule has 17 heavy (non-hydrogen) atoms. The lowest BCUT2D eigenvalue weighted by molar-refractivity contribution is -0.131. The molecular weight excluding hydrogens is 222 g/mol. The van der Waals surface area contributed by atoms with Crippen LogP contribution in [0, 0.1) is 0 Å². The average molecular weight is 237 g/mol. The third-order valence-electron chi connectivity index (χ3n) is 2.46. The Morgan fingerprint density at radius 1 is 1.53 bits per heavy atom. The summed E-state index contributed by atoms with van der Waals surface area (Å²) in [6, 6.07) is 6.92. The third kappa shape index (κ3) is 2.68. The maximum absolute atomic E-state index is 11.7. The highest BCUT2D eigenvalue weighted by molar-refractivity contribution is 5.82. The Bertz CT molecular complexity index is 407. The highest BCUT2D eigenvalue weighted by atomic mass is 16.6. The van der Waals surface area contributed by atoms with E-state index in [0.717, 1.165) is 0 Å². The molecule has 2 atom stereocenters. The summed E-state index contributed by atoms with van der Waals surface area (Å²) in [5.74, 6) is 0.934. The molecule has 92 valence electrons. The van der Waals surface area contributed by atoms with Crippen LogP contribution in [0.3, 0.4) is 0 Å². The quantitative estimate of drug-likeness (QED) is 0.794. The number of carbonyl (C=O) groups excluding carboxylic acids is 1. The van der Waals surface area contributed by atoms with Crippen molar-refractivity contribution in [3.8, 4) is 11.5 Å². The fourth-order valence-corrected chi connectivity index (χ4v) is 1.53. The lowest BCUT2D eigenvalue weighted by Gasteiger charge is -2.26. The summed E-state index contributed by atoms with van der Waals surface area (Å²) in [5, 5.41) is 11.5. The fraction of sp³-hybridized carbons (Fsp3) is 0.417. The monoisotopic (exact) mass is 237 g/mol. The predicted octanol–water partition coefficient (Wildman–Crippen LogP) is 0.323. The molecule has 2 unspecified atom stereocenters. The van der Waals surface area contributed by atoms with Crippen LogP contribution in [-0.4, -0.2) is 36.4 Å². The number of hydrogen-bond acceptors (Lipinski definition) is 4. The number of amides is 1. The number of aliphatic hydroxyl groups is 1. The molecule has 5 heteroatoms. The van der Waals surface area contributed by atoms with E-state index in [9.17, 15) is 4.79 Å². The van der Waals surface area contributed by atoms with E-state index in [1.165, 1.54) is 0 Å². The first kappa shape index (κ1) is 11.7. The van der Waals surface area contributed by atoms with E-state index in [1.807, 2.05) is 12.1 Å². The second-order valence-electron chi connectivity index (χ2n) is 3.96. The maximum atomic E-state index is 11.7. The van der Waals surface area contributed by atoms with Crippen molar-refractivity contribution in [1.29, 1.82) is 0 Å². The number of rotatable bonds is 3. The number of benzene rings is 1. The number of aliphatic hydroxyl groups excluding tert-OH is 1. The predicted molar refractivity (Wildman–Crippen MR) is 61.0 cm³/mol. The van der Waals surface area contributed by atoms with E-state index in [1.54, 1.807) is 19.1 Å². The van der Waals surface area contributed by atoms with Gasteiger partial charge in [0.2, 0.25) is 6.10 Å². The SMILES string of the molecule is CC(CO)NC(=O)C1COc2ccccc2O1. The molecular formula is C12H15NO4. The molecule has 1 aromatic rings. The van der Waals surface area contributed by atoms with E-state index in [4.69, 9.17) is 14.6 Å². The van der Waals surface area contributed by atoms with E-state index >= 15 is 0 Å². The molecule has 0 saturated heterocycles. The zero-order valence-corrected chi connectivity index (χ0v) is 9.55. The van der Waals surface area contributed by atoms with Crippen molar-refractivity contribution in [2.24, 2.45) is 0 Å². The summed E-state index contributed by atoms with van der Waals surface area (Å²) in [4.78, 5) is 11.7. The molecule has 1 aromatic carbocycles. The van der Waals surface area contributed by atoms with Gasteiger partial charge in [0.1, 0.15) is 6.61 Å². The minimum absolute atomic E-state index is 0.101. The van der Waals surface area contributed by atoms with Gasteiger partial charge in [0.25, 0.3) is 5.91 Å². The zero-order valence-electron chi connectivity index (χ0n) is 9.55. The average Bonchev–Trinajstić information content (AvgIpc) is 2.38. The first-order valence-corrected chi connectivity index (χ1v) is 5.50. The van der Waals surface area contributed by atoms with Crippen LogP contribution in [0.4, 0.5) is 0 Å². The van der Waals surface area contributed by atoms with Crippen LogP contribution < -0.4 is 14.8 Å². The Balaban J connectivity index is 2.00. The second-order valence-corrected chi connectivity index (χ2v) is 3.96. The summed E-state index contributed by atoms with van der Waals surface area (Å²) < 4.78 is 10.9. The van der Waals surface area contributed by atoms with E-state index in [0.29, 0.717) is 11.5 Å². The van der Waals surface area contributed by atoms with Crippen LogP contribution in [0.2, 0.25) is 0 Å². The smallest absolute Gasteiger partial charge is 0.264 e. The zero-order chi connectivity index (χ0) is 12.3. The highest BCUT2D eigenvalue weighted by Crippen LogP contribution is 2.30. The van der Waals surface area contributed by atoms with Gasteiger partial charge in [-0.15, -0.1) is 0 Å². The van der Waals surface area contributed by atoms with Gasteiger partial charge in [-0.3, -0.25) is 4.79 Å². The molecule has 1 heterocycles. The molecule has 0 radical (unpaired) electrons. The molecule has 0 fully saturated rings. The second kappa shape index (κ2) is 5.05. The largest absolute Gasteiger partial charge is 0.485 e. The Labute approximate surface area is 99.3 Å². The fourth-order valence-electron chi connectivity index (χ4n) is 1.53. The van der Waals surface area contributed by atoms with Crippen molar-refractivity contribution in [3.63, 3.8) is 0 Å². The Morgan fingerprint density at radius 3 is 2.94 bits per heavy atom. The molecule has 5 nitrogen and oxygen atoms in total. The van der Waals surface area contributed by atoms with Crippen LogP contribution in [0.15, 0.2) is 24.3 Å². The van der Waals surface area contributed by atoms with Gasteiger partial charge >= 0.3 is 0 Å². The number of ether oxygens (including phenoxy) is 2. The van der Waals surface area contributed by atoms with Crippen LogP contribution in [-0.2, 0) is 4.79 Å². The summed E-state index contributed by atoms with van der Waals surface area (Å²) in [7, 11) is 0. The number of carbonyl (C=O) groups is 1. The standard InChI is InChI=1S/C12H15NO4/c1-8(6-14)13-12(15)11-7-16-9-4-2-3-5-10(9)17-11/h2-5,8,11,14H,6-7H2,1H3,(H,13,15). The number of hydrogen-bond donors (Lipinski definition) is 2. The molecule has 1 aliphatic rings. The van der Waals surface area contributed by atoms with Gasteiger partial charge in [0.05, 0.1) is 6.61 Å². The van der Waals surface area contributed by atoms with Crippen molar-refractivity contribution in [1.82, 2.24) is 5.32 Å². The number of nitrogens with one attached hydrogen (secondary N) is 1. The van der Waals surface area contributed by atoms with E-state index < -0.39 is 6.10 Å². The maximum Gasteiger partial charge on any atom is 0.264 e. The summed E-state index contributed by atoms with van der Waals surface area (Å²) in [6.07, 6.45) is -0.668. The molecule has 0 bridgehead atoms. The van der Waals surface area contributed by atoms with Crippen LogP contribution >= 0.6 is 0 Å². The normalized spacial score (nSPS) is 19.5. The van der Waals surface area contributed by atoms with Gasteiger partial charge in [-0.25, -0.2) is 0 Å². The lowest BCUT2D eigenvalue weighted by atomic mass is 10.2. The van der Waals surface area contributed by atoms with Gasteiger partial charge < -0.3 is 19.9 Å². The summed E-state index contributed by atoms with van der Waals surface area (Å²) in [6.45, 7) is 1.80. The van der Waals surface area contributed by atoms with Crippen LogP contribution in [0.25, 0.3) is 0 Å². The first-order chi connectivity index (χ1) is 8.20. The summed E-state index contributed by atoms with van der Waals surface area (Å²) >= 11 is 0. The van der Waals surface area contributed by atoms with Crippen molar-refractivity contribution in [2.45, 2.75) is 19.1 Å². The van der Waals surface area contributed by atoms with Crippen molar-refractivity contribution >= 4 is 5.91 Å². The van der Waals surface area contributed by atoms with Gasteiger partial charge in [0.15, 0.2) is 11.5 Å². The van der Waals surface area contributed by atoms with E-state index in [-0.39, 0.29) is 25.2 Å². The molecule has 1 amide bonds. The minimum atomic E-state index is -0.668. The van der Waals surface area contributed by atoms with E-state index in [2.05, 4.69) is 5.32 Å². The molecule has 0 aliphatic carbocycles. The first-order valence-electron chi connectivity index (χ1n) is 5.50. The number of para-hydroxylation sites is 2. The third-order valence-corrected chi connectivity index (χ3v) is 2.46. The van der Waals surface area contributed by atoms with Gasteiger partial charge in [-0.1, -0.05) is 12.1 Å². The molecule has 0 aromatic heterocycles. The topological polar surface area (TPSA) is 67.8 Å². The molecule has 2 N–H and O–H groups in total. The Kier molecular flexibility index (Phi) is 3.49. The van der Waals surface area contributed by atoms with Crippen molar-refractivity contribution in [2.75, 3.05) is 13.2 Å². The highest BCUT2D eigenvalue weighted by Gasteiger charge is 2.27. The van der Waals surface area contributed by atoms with Gasteiger partial charge in [-0.2, -0.15) is 0 Å². The van der Waals surface area contributed by atoms with Crippen molar-refractivity contribution < 1.29 is 19.4 Å². The van der Waals surface area contributed by atoms with Crippen LogP contribution in [0.1, 0.15) is 6.92 Å². The van der Waals surface area contributed by atoms with Crippen LogP contribution in [0.5, 0.6) is 11.5 Å².